The topological polar surface area (TPSA) is 169 Å². The molecule has 0 fully saturated rings. The van der Waals surface area contributed by atoms with Gasteiger partial charge in [-0.2, -0.15) is 0 Å². The van der Waals surface area contributed by atoms with Crippen LogP contribution in [0.5, 0.6) is 0 Å². The van der Waals surface area contributed by atoms with Crippen LogP contribution >= 0.6 is 12.4 Å². The number of carbonyl (C=O) groups is 4. The van der Waals surface area contributed by atoms with Crippen LogP contribution in [0.3, 0.4) is 0 Å². The van der Waals surface area contributed by atoms with Crippen LogP contribution in [0.1, 0.15) is 56.7 Å². The number of aliphatic imine (C=N–C) groups is 1. The van der Waals surface area contributed by atoms with Gasteiger partial charge in [-0.25, -0.2) is 10.3 Å². The van der Waals surface area contributed by atoms with Crippen LogP contribution < -0.4 is 50.8 Å². The zero-order valence-electron chi connectivity index (χ0n) is 26.0. The number of carbonyl (C=O) groups excluding carboxylic acids is 4. The first-order valence-electron chi connectivity index (χ1n) is 14.0. The van der Waals surface area contributed by atoms with Gasteiger partial charge in [-0.1, -0.05) is 68.4 Å². The van der Waals surface area contributed by atoms with E-state index in [2.05, 4.69) is 15.6 Å². The molecule has 2 aromatic carbocycles. The molecule has 3 unspecified atom stereocenters. The van der Waals surface area contributed by atoms with E-state index in [1.54, 1.807) is 29.7 Å². The van der Waals surface area contributed by atoms with Gasteiger partial charge < -0.3 is 20.5 Å². The monoisotopic (exact) mass is 640 g/mol. The first-order valence-corrected chi connectivity index (χ1v) is 14.0. The Bertz CT molecular complexity index is 1210. The van der Waals surface area contributed by atoms with E-state index in [1.165, 1.54) is 14.0 Å². The Balaban J connectivity index is 0.00000924. The molecule has 0 radical (unpaired) electrons. The Labute approximate surface area is 287 Å². The Hall–Kier alpha value is -2.96. The van der Waals surface area contributed by atoms with Crippen molar-refractivity contribution in [3.05, 3.63) is 71.3 Å². The molecule has 0 spiro atoms. The minimum absolute atomic E-state index is 0. The molecule has 3 amide bonds. The maximum absolute atomic E-state index is 13.6. The zero-order chi connectivity index (χ0) is 31.1. The van der Waals surface area contributed by atoms with Crippen molar-refractivity contribution in [2.24, 2.45) is 22.7 Å². The average Bonchev–Trinajstić information content (AvgIpc) is 2.96. The minimum atomic E-state index is -1.02. The van der Waals surface area contributed by atoms with Crippen LogP contribution in [0, 0.1) is 17.8 Å². The van der Waals surface area contributed by atoms with Crippen LogP contribution in [-0.2, 0) is 43.3 Å². The fraction of sp³-hybridized carbons (Fsp3) is 0.452. The fourth-order valence-corrected chi connectivity index (χ4v) is 4.71. The van der Waals surface area contributed by atoms with Gasteiger partial charge in [0.15, 0.2) is 0 Å². The number of esters is 1. The van der Waals surface area contributed by atoms with E-state index in [9.17, 15) is 29.5 Å². The number of amidine groups is 1. The third kappa shape index (κ3) is 14.7. The van der Waals surface area contributed by atoms with Gasteiger partial charge in [0.1, 0.15) is 6.04 Å². The maximum atomic E-state index is 13.6. The van der Waals surface area contributed by atoms with Crippen LogP contribution in [-0.4, -0.2) is 48.1 Å². The molecule has 0 bridgehead atoms. The van der Waals surface area contributed by atoms with E-state index in [-0.39, 0.29) is 60.8 Å². The normalized spacial score (nSPS) is 12.9. The average molecular weight is 641 g/mol. The number of hydrogen-bond acceptors (Lipinski definition) is 8. The van der Waals surface area contributed by atoms with Gasteiger partial charge in [-0.15, -0.1) is 12.4 Å². The van der Waals surface area contributed by atoms with Crippen molar-refractivity contribution < 1.29 is 63.8 Å². The molecule has 236 valence electrons. The Morgan fingerprint density at radius 3 is 2.09 bits per heavy atom. The second-order valence-corrected chi connectivity index (χ2v) is 10.6. The summed E-state index contributed by atoms with van der Waals surface area (Å²) in [4.78, 5) is 53.8. The molecule has 0 aliphatic carbocycles. The van der Waals surface area contributed by atoms with E-state index < -0.39 is 47.6 Å². The summed E-state index contributed by atoms with van der Waals surface area (Å²) in [5.41, 5.74) is 4.26. The van der Waals surface area contributed by atoms with Crippen LogP contribution in [0.25, 0.3) is 0 Å². The van der Waals surface area contributed by atoms with Crippen LogP contribution in [0.4, 0.5) is 0 Å². The second kappa shape index (κ2) is 21.7. The number of hydrogen-bond donors (Lipinski definition) is 4. The number of benzene rings is 2. The third-order valence-corrected chi connectivity index (χ3v) is 6.77. The number of nitrogens with one attached hydrogen (secondary N) is 3. The zero-order valence-corrected chi connectivity index (χ0v) is 28.8. The number of rotatable bonds is 15. The fourth-order valence-electron chi connectivity index (χ4n) is 4.71. The molecule has 3 atom stereocenters. The maximum Gasteiger partial charge on any atom is 1.00 e. The van der Waals surface area contributed by atoms with E-state index in [0.29, 0.717) is 31.2 Å². The van der Waals surface area contributed by atoms with Crippen molar-refractivity contribution >= 4 is 42.1 Å². The molecular weight excluding hydrogens is 599 g/mol. The molecule has 4 N–H and O–H groups in total. The van der Waals surface area contributed by atoms with Gasteiger partial charge in [0.05, 0.1) is 25.6 Å². The SMILES string of the molecule is COC(=O)C(Cc1ccc(CN=C([O-])NC(C)=O)cc1)NC(=O)C(CC(C)C)C(CCCc1ccccc1)C(=O)NO.Cl.[Na+]. The van der Waals surface area contributed by atoms with Crippen molar-refractivity contribution in [2.75, 3.05) is 7.11 Å². The van der Waals surface area contributed by atoms with Crippen molar-refractivity contribution in [2.45, 2.75) is 65.5 Å². The van der Waals surface area contributed by atoms with Gasteiger partial charge in [0.25, 0.3) is 0 Å². The Kier molecular flexibility index (Phi) is 20.2. The first-order chi connectivity index (χ1) is 20.0. The van der Waals surface area contributed by atoms with E-state index >= 15 is 0 Å². The van der Waals surface area contributed by atoms with Crippen molar-refractivity contribution in [1.82, 2.24) is 16.1 Å². The molecule has 0 aliphatic heterocycles. The summed E-state index contributed by atoms with van der Waals surface area (Å²) in [6.45, 7) is 5.16. The van der Waals surface area contributed by atoms with Crippen molar-refractivity contribution in [3.63, 3.8) is 0 Å². The minimum Gasteiger partial charge on any atom is -0.846 e. The summed E-state index contributed by atoms with van der Waals surface area (Å²) in [6, 6.07) is 15.0. The number of methoxy groups -OCH3 is 1. The van der Waals surface area contributed by atoms with E-state index in [1.807, 2.05) is 44.2 Å². The van der Waals surface area contributed by atoms with Crippen molar-refractivity contribution in [3.8, 4) is 0 Å². The number of amides is 3. The van der Waals surface area contributed by atoms with Crippen LogP contribution in [0.15, 0.2) is 59.6 Å². The first kappa shape index (κ1) is 41.0. The molecule has 0 aliphatic rings. The number of hydroxylamine groups is 1. The van der Waals surface area contributed by atoms with Gasteiger partial charge in [0, 0.05) is 19.3 Å². The Morgan fingerprint density at radius 1 is 0.932 bits per heavy atom. The second-order valence-electron chi connectivity index (χ2n) is 10.6. The molecule has 2 rings (SSSR count). The summed E-state index contributed by atoms with van der Waals surface area (Å²) >= 11 is 0. The quantitative estimate of drug-likeness (QED) is 0.0507. The number of nitrogens with zero attached hydrogens (tertiary/aromatic N) is 1. The molecule has 0 saturated heterocycles. The number of ether oxygens (including phenoxy) is 1. The summed E-state index contributed by atoms with van der Waals surface area (Å²) < 4.78 is 4.95. The van der Waals surface area contributed by atoms with Gasteiger partial charge >= 0.3 is 35.5 Å². The predicted molar refractivity (Wildman–Crippen MR) is 162 cm³/mol. The molecule has 11 nitrogen and oxygen atoms in total. The summed E-state index contributed by atoms with van der Waals surface area (Å²) in [6.07, 6.45) is 2.20. The van der Waals surface area contributed by atoms with Crippen molar-refractivity contribution in [1.29, 1.82) is 0 Å². The van der Waals surface area contributed by atoms with Gasteiger partial charge in [-0.05, 0) is 48.3 Å². The molecular formula is C31H42ClN4NaO7. The molecule has 0 saturated carbocycles. The molecule has 13 heteroatoms. The molecule has 2 aromatic rings. The summed E-state index contributed by atoms with van der Waals surface area (Å²) in [5, 5.41) is 25.9. The van der Waals surface area contributed by atoms with Gasteiger partial charge in [-0.3, -0.25) is 24.6 Å². The smallest absolute Gasteiger partial charge is 0.846 e. The molecule has 0 aromatic heterocycles. The summed E-state index contributed by atoms with van der Waals surface area (Å²) in [5.74, 6) is -3.78. The number of aryl methyl sites for hydroxylation is 1. The standard InChI is InChI=1S/C31H42N4O7.ClH.Na/c1-20(2)17-26(25(29(38)35-41)12-8-11-22-9-6-5-7-10-22)28(37)34-27(30(39)42-4)18-23-13-15-24(16-14-23)19-32-31(40)33-21(3)36;;/h5-7,9-10,13-16,20,25-27,41H,8,11-12,17-19H2,1-4H3,(H,34,37)(H,35,38)(H2,32,33,36,40);1H;/q;;+1/p-1. The predicted octanol–water partition coefficient (Wildman–Crippen LogP) is -0.528. The number of halogens is 1. The third-order valence-electron chi connectivity index (χ3n) is 6.77. The van der Waals surface area contributed by atoms with Crippen LogP contribution in [0.2, 0.25) is 0 Å². The van der Waals surface area contributed by atoms with E-state index in [0.717, 1.165) is 11.1 Å². The van der Waals surface area contributed by atoms with E-state index in [4.69, 9.17) is 4.74 Å². The molecule has 44 heavy (non-hydrogen) atoms. The molecule has 0 heterocycles. The largest absolute Gasteiger partial charge is 1.00 e. The Morgan fingerprint density at radius 2 is 1.55 bits per heavy atom. The summed E-state index contributed by atoms with van der Waals surface area (Å²) in [7, 11) is 1.23. The van der Waals surface area contributed by atoms with Gasteiger partial charge in [0.2, 0.25) is 17.7 Å².